The van der Waals surface area contributed by atoms with Crippen LogP contribution in [0.15, 0.2) is 18.2 Å². The zero-order valence-corrected chi connectivity index (χ0v) is 21.9. The first-order valence-corrected chi connectivity index (χ1v) is 12.8. The number of aliphatic hydroxyl groups is 1. The van der Waals surface area contributed by atoms with Gasteiger partial charge in [-0.3, -0.25) is 24.6 Å². The summed E-state index contributed by atoms with van der Waals surface area (Å²) >= 11 is 0. The van der Waals surface area contributed by atoms with Crippen molar-refractivity contribution in [2.45, 2.75) is 36.4 Å². The standard InChI is InChI=1S/C25H22B5FN4O6/c26-15-14-13(10-35(22(14)38)20-21(37)33-23(39)25(30,40)24(20,28)29)18(19(36)16(15)27)32-8-11-2-1-3-12(17(11)31)9-34-4-6-41-7-5-34/h1-3,20,32,36,40H,4-10H2,(H,33,37,39). The molecule has 2 aromatic rings. The minimum Gasteiger partial charge on any atom is -0.506 e. The predicted molar refractivity (Wildman–Crippen MR) is 150 cm³/mol. The van der Waals surface area contributed by atoms with Crippen LogP contribution in [0.4, 0.5) is 10.1 Å². The quantitative estimate of drug-likeness (QED) is 0.170. The molecule has 3 aliphatic heterocycles. The highest BCUT2D eigenvalue weighted by Gasteiger charge is 2.59. The van der Waals surface area contributed by atoms with Crippen molar-refractivity contribution in [1.29, 1.82) is 0 Å². The molecule has 200 valence electrons. The van der Waals surface area contributed by atoms with Crippen LogP contribution in [0.25, 0.3) is 0 Å². The number of morpholine rings is 1. The van der Waals surface area contributed by atoms with Crippen LogP contribution in [-0.2, 0) is 34.0 Å². The van der Waals surface area contributed by atoms with Gasteiger partial charge in [-0.2, -0.15) is 0 Å². The van der Waals surface area contributed by atoms with E-state index in [0.717, 1.165) is 4.90 Å². The lowest BCUT2D eigenvalue weighted by Crippen LogP contribution is -2.72. The number of fused-ring (bicyclic) bond motifs is 1. The molecule has 2 atom stereocenters. The Kier molecular flexibility index (Phi) is 7.54. The summed E-state index contributed by atoms with van der Waals surface area (Å²) in [5.74, 6) is -4.22. The van der Waals surface area contributed by atoms with Gasteiger partial charge in [0, 0.05) is 55.0 Å². The van der Waals surface area contributed by atoms with Crippen LogP contribution in [0.3, 0.4) is 0 Å². The maximum atomic E-state index is 15.4. The number of aromatic hydroxyl groups is 1. The molecule has 0 aliphatic carbocycles. The van der Waals surface area contributed by atoms with Gasteiger partial charge in [-0.25, -0.2) is 4.39 Å². The second-order valence-electron chi connectivity index (χ2n) is 10.4. The summed E-state index contributed by atoms with van der Waals surface area (Å²) in [5.41, 5.74) is -2.84. The number of hydrogen-bond acceptors (Lipinski definition) is 8. The lowest BCUT2D eigenvalue weighted by molar-refractivity contribution is -0.148. The number of carbonyl (C=O) groups excluding carboxylic acids is 3. The first-order chi connectivity index (χ1) is 19.3. The number of halogens is 1. The fourth-order valence-electron chi connectivity index (χ4n) is 5.39. The maximum absolute atomic E-state index is 15.4. The Hall–Kier alpha value is -3.22. The van der Waals surface area contributed by atoms with Gasteiger partial charge in [0.05, 0.1) is 40.1 Å². The maximum Gasteiger partial charge on any atom is 0.254 e. The third-order valence-electron chi connectivity index (χ3n) is 7.83. The van der Waals surface area contributed by atoms with E-state index in [1.807, 2.05) is 5.32 Å². The first kappa shape index (κ1) is 29.3. The van der Waals surface area contributed by atoms with Crippen LogP contribution in [0, 0.1) is 5.82 Å². The van der Waals surface area contributed by atoms with E-state index in [0.29, 0.717) is 38.4 Å². The van der Waals surface area contributed by atoms with Gasteiger partial charge in [-0.1, -0.05) is 29.1 Å². The summed E-state index contributed by atoms with van der Waals surface area (Å²) in [4.78, 5) is 41.4. The van der Waals surface area contributed by atoms with Crippen LogP contribution in [0.5, 0.6) is 5.75 Å². The molecule has 0 aromatic heterocycles. The van der Waals surface area contributed by atoms with Crippen molar-refractivity contribution in [1.82, 2.24) is 15.1 Å². The molecule has 2 fully saturated rings. The van der Waals surface area contributed by atoms with Crippen molar-refractivity contribution in [2.24, 2.45) is 0 Å². The second kappa shape index (κ2) is 10.6. The number of carbonyl (C=O) groups is 3. The predicted octanol–water partition coefficient (Wildman–Crippen LogP) is -3.15. The Labute approximate surface area is 242 Å². The minimum absolute atomic E-state index is 0.0320. The Balaban J connectivity index is 1.45. The van der Waals surface area contributed by atoms with Gasteiger partial charge in [0.1, 0.15) is 41.1 Å². The second-order valence-corrected chi connectivity index (χ2v) is 10.4. The van der Waals surface area contributed by atoms with Gasteiger partial charge >= 0.3 is 0 Å². The highest BCUT2D eigenvalue weighted by molar-refractivity contribution is 6.54. The lowest BCUT2D eigenvalue weighted by Gasteiger charge is -2.51. The van der Waals surface area contributed by atoms with Gasteiger partial charge in [-0.15, -0.1) is 0 Å². The molecule has 0 saturated carbocycles. The molecule has 2 aromatic carbocycles. The van der Waals surface area contributed by atoms with Crippen LogP contribution in [-0.4, -0.2) is 115 Å². The smallest absolute Gasteiger partial charge is 0.254 e. The highest BCUT2D eigenvalue weighted by atomic mass is 19.1. The number of nitrogens with zero attached hydrogens (tertiary/aromatic N) is 2. The van der Waals surface area contributed by atoms with Crippen molar-refractivity contribution >= 4 is 73.6 Å². The summed E-state index contributed by atoms with van der Waals surface area (Å²) in [6.45, 7) is 2.38. The average Bonchev–Trinajstić information content (AvgIpc) is 3.25. The monoisotopic (exact) mass is 548 g/mol. The summed E-state index contributed by atoms with van der Waals surface area (Å²) in [6, 6.07) is 3.15. The third-order valence-corrected chi connectivity index (χ3v) is 7.83. The van der Waals surface area contributed by atoms with E-state index in [9.17, 15) is 24.6 Å². The number of phenolic OH excluding ortho intramolecular Hbond substituents is 1. The number of phenols is 1. The molecule has 5 rings (SSSR count). The Morgan fingerprint density at radius 1 is 1.10 bits per heavy atom. The molecular formula is C25H22B5FN4O6. The fraction of sp³-hybridized carbons (Fsp3) is 0.400. The number of ether oxygens (including phenoxy) is 1. The molecular weight excluding hydrogens is 525 g/mol. The van der Waals surface area contributed by atoms with E-state index in [2.05, 4.69) is 10.2 Å². The number of imide groups is 1. The number of piperidine rings is 1. The van der Waals surface area contributed by atoms with Gasteiger partial charge in [0.2, 0.25) is 11.8 Å². The first-order valence-electron chi connectivity index (χ1n) is 12.8. The Bertz CT molecular complexity index is 1450. The zero-order chi connectivity index (χ0) is 29.9. The molecule has 16 heteroatoms. The zero-order valence-electron chi connectivity index (χ0n) is 21.9. The van der Waals surface area contributed by atoms with Gasteiger partial charge in [0.25, 0.3) is 5.91 Å². The number of benzene rings is 2. The van der Waals surface area contributed by atoms with Crippen molar-refractivity contribution in [3.8, 4) is 5.75 Å². The molecule has 10 radical (unpaired) electrons. The molecule has 3 heterocycles. The third kappa shape index (κ3) is 4.75. The van der Waals surface area contributed by atoms with Gasteiger partial charge in [0.15, 0.2) is 0 Å². The number of rotatable bonds is 6. The number of hydrogen-bond donors (Lipinski definition) is 4. The van der Waals surface area contributed by atoms with Crippen LogP contribution < -0.4 is 21.6 Å². The fourth-order valence-corrected chi connectivity index (χ4v) is 5.39. The van der Waals surface area contributed by atoms with E-state index < -0.39 is 52.6 Å². The minimum atomic E-state index is -2.92. The molecule has 41 heavy (non-hydrogen) atoms. The summed E-state index contributed by atoms with van der Waals surface area (Å²) in [5, 5.41) is 23.5. The van der Waals surface area contributed by atoms with E-state index in [1.165, 1.54) is 0 Å². The molecule has 2 saturated heterocycles. The molecule has 3 amide bonds. The van der Waals surface area contributed by atoms with Crippen molar-refractivity contribution in [2.75, 3.05) is 31.6 Å². The number of nitrogens with one attached hydrogen (secondary N) is 2. The van der Waals surface area contributed by atoms with E-state index in [1.54, 1.807) is 18.2 Å². The van der Waals surface area contributed by atoms with Gasteiger partial charge < -0.3 is 25.2 Å². The van der Waals surface area contributed by atoms with Crippen LogP contribution >= 0.6 is 0 Å². The van der Waals surface area contributed by atoms with E-state index >= 15 is 4.39 Å². The van der Waals surface area contributed by atoms with Crippen LogP contribution in [0.2, 0.25) is 5.21 Å². The summed E-state index contributed by atoms with van der Waals surface area (Å²) in [6.07, 6.45) is 0. The molecule has 10 nitrogen and oxygen atoms in total. The molecule has 0 bridgehead atoms. The summed E-state index contributed by atoms with van der Waals surface area (Å²) < 4.78 is 20.8. The normalized spacial score (nSPS) is 24.3. The Morgan fingerprint density at radius 2 is 1.76 bits per heavy atom. The largest absolute Gasteiger partial charge is 0.506 e. The van der Waals surface area contributed by atoms with Crippen LogP contribution in [0.1, 0.15) is 27.0 Å². The SMILES string of the molecule is [B]c1c([B])c2c(c(NCc3cccc(CN4CCOCC4)c3F)c1O)CN(C1C(=O)NC(=O)C([B])(O)C1([B])[B])C2=O. The summed E-state index contributed by atoms with van der Waals surface area (Å²) in [7, 11) is 29.7. The Morgan fingerprint density at radius 3 is 2.44 bits per heavy atom. The molecule has 0 spiro atoms. The topological polar surface area (TPSA) is 131 Å². The highest BCUT2D eigenvalue weighted by Crippen LogP contribution is 2.44. The molecule has 3 aliphatic rings. The molecule has 4 N–H and O–H groups in total. The van der Waals surface area contributed by atoms with Crippen molar-refractivity contribution < 1.29 is 33.7 Å². The van der Waals surface area contributed by atoms with Gasteiger partial charge in [-0.05, 0) is 5.21 Å². The van der Waals surface area contributed by atoms with Crippen molar-refractivity contribution in [3.05, 3.63) is 46.3 Å². The van der Waals surface area contributed by atoms with E-state index in [-0.39, 0.29) is 39.8 Å². The van der Waals surface area contributed by atoms with Crippen molar-refractivity contribution in [3.63, 3.8) is 0 Å². The molecule has 2 unspecified atom stereocenters. The lowest BCUT2D eigenvalue weighted by atomic mass is 9.36. The number of amides is 3. The number of anilines is 1. The average molecular weight is 548 g/mol. The van der Waals surface area contributed by atoms with E-state index in [4.69, 9.17) is 44.0 Å².